The Hall–Kier alpha value is -3.59. The van der Waals surface area contributed by atoms with Crippen LogP contribution in [0.15, 0.2) is 59.9 Å². The summed E-state index contributed by atoms with van der Waals surface area (Å²) in [4.78, 5) is 41.5. The highest BCUT2D eigenvalue weighted by atomic mass is 32.1. The highest BCUT2D eigenvalue weighted by molar-refractivity contribution is 7.16. The smallest absolute Gasteiger partial charge is 0.407 e. The molecule has 1 fully saturated rings. The zero-order valence-electron chi connectivity index (χ0n) is 20.8. The van der Waals surface area contributed by atoms with Crippen LogP contribution in [-0.2, 0) is 22.4 Å². The third-order valence-corrected chi connectivity index (χ3v) is 7.71. The normalized spacial score (nSPS) is 14.7. The number of amides is 2. The third-order valence-electron chi connectivity index (χ3n) is 6.76. The van der Waals surface area contributed by atoms with Gasteiger partial charge in [-0.05, 0) is 42.5 Å². The van der Waals surface area contributed by atoms with Crippen LogP contribution >= 0.6 is 11.3 Å². The standard InChI is InChI=1S/C28H33N3O5S/c1-2-24(33)31(21-11-7-4-8-12-21)18-22(17-19-9-5-3-6-10-19)36-27(34)29-16-15-20-13-14-23(32)25-26(20)37-28(35)30-25/h2-3,5-6,9-10,13-14,21-22,32H,1,4,7-8,11-12,15-18H2,(H,29,34)(H,30,35). The quantitative estimate of drug-likeness (QED) is 0.338. The number of aromatic nitrogens is 1. The van der Waals surface area contributed by atoms with E-state index in [1.807, 2.05) is 35.2 Å². The number of rotatable bonds is 10. The Balaban J connectivity index is 1.42. The summed E-state index contributed by atoms with van der Waals surface area (Å²) in [5.41, 5.74) is 2.27. The van der Waals surface area contributed by atoms with E-state index >= 15 is 0 Å². The summed E-state index contributed by atoms with van der Waals surface area (Å²) in [7, 11) is 0. The monoisotopic (exact) mass is 523 g/mol. The summed E-state index contributed by atoms with van der Waals surface area (Å²) in [5, 5.41) is 12.8. The van der Waals surface area contributed by atoms with Gasteiger partial charge in [0.15, 0.2) is 0 Å². The second-order valence-corrected chi connectivity index (χ2v) is 10.3. The second-order valence-electron chi connectivity index (χ2n) is 9.34. The van der Waals surface area contributed by atoms with Crippen molar-refractivity contribution in [3.63, 3.8) is 0 Å². The first-order chi connectivity index (χ1) is 17.9. The van der Waals surface area contributed by atoms with Crippen molar-refractivity contribution in [1.29, 1.82) is 0 Å². The number of fused-ring (bicyclic) bond motifs is 1. The molecule has 0 radical (unpaired) electrons. The van der Waals surface area contributed by atoms with Crippen molar-refractivity contribution in [3.05, 3.63) is 75.9 Å². The first kappa shape index (κ1) is 26.5. The van der Waals surface area contributed by atoms with Gasteiger partial charge >= 0.3 is 11.0 Å². The van der Waals surface area contributed by atoms with E-state index in [0.29, 0.717) is 36.1 Å². The van der Waals surface area contributed by atoms with Gasteiger partial charge in [0.1, 0.15) is 17.4 Å². The number of nitrogens with one attached hydrogen (secondary N) is 2. The maximum absolute atomic E-state index is 12.8. The first-order valence-electron chi connectivity index (χ1n) is 12.7. The van der Waals surface area contributed by atoms with Gasteiger partial charge in [0.05, 0.1) is 11.2 Å². The Morgan fingerprint density at radius 3 is 2.68 bits per heavy atom. The van der Waals surface area contributed by atoms with E-state index in [-0.39, 0.29) is 22.6 Å². The second kappa shape index (κ2) is 12.6. The van der Waals surface area contributed by atoms with Gasteiger partial charge in [0.25, 0.3) is 0 Å². The van der Waals surface area contributed by atoms with Crippen molar-refractivity contribution in [1.82, 2.24) is 15.2 Å². The number of phenols is 1. The zero-order valence-corrected chi connectivity index (χ0v) is 21.6. The van der Waals surface area contributed by atoms with E-state index < -0.39 is 12.2 Å². The van der Waals surface area contributed by atoms with Crippen LogP contribution in [0.1, 0.15) is 43.2 Å². The molecule has 1 unspecified atom stereocenters. The number of aromatic amines is 1. The molecule has 1 saturated carbocycles. The average molecular weight is 524 g/mol. The van der Waals surface area contributed by atoms with Crippen LogP contribution in [0.25, 0.3) is 10.2 Å². The number of phenolic OH excluding ortho intramolecular Hbond substituents is 1. The molecule has 2 amide bonds. The lowest BCUT2D eigenvalue weighted by atomic mass is 9.93. The van der Waals surface area contributed by atoms with Crippen LogP contribution in [0.2, 0.25) is 0 Å². The van der Waals surface area contributed by atoms with E-state index in [1.165, 1.54) is 18.6 Å². The van der Waals surface area contributed by atoms with Gasteiger partial charge in [-0.1, -0.05) is 73.6 Å². The number of carbonyl (C=O) groups excluding carboxylic acids is 2. The fourth-order valence-electron chi connectivity index (χ4n) is 4.93. The number of ether oxygens (including phenoxy) is 1. The molecule has 0 bridgehead atoms. The minimum atomic E-state index is -0.562. The summed E-state index contributed by atoms with van der Waals surface area (Å²) in [6, 6.07) is 13.2. The summed E-state index contributed by atoms with van der Waals surface area (Å²) in [6.07, 6.45) is 6.41. The topological polar surface area (TPSA) is 112 Å². The van der Waals surface area contributed by atoms with Crippen molar-refractivity contribution in [2.45, 2.75) is 57.1 Å². The van der Waals surface area contributed by atoms with Crippen molar-refractivity contribution < 1.29 is 19.4 Å². The molecule has 1 atom stereocenters. The van der Waals surface area contributed by atoms with Crippen LogP contribution in [0.4, 0.5) is 4.79 Å². The van der Waals surface area contributed by atoms with Crippen LogP contribution < -0.4 is 10.2 Å². The zero-order chi connectivity index (χ0) is 26.2. The highest BCUT2D eigenvalue weighted by Gasteiger charge is 2.28. The van der Waals surface area contributed by atoms with Crippen molar-refractivity contribution >= 4 is 33.6 Å². The van der Waals surface area contributed by atoms with Crippen LogP contribution in [-0.4, -0.2) is 52.2 Å². The van der Waals surface area contributed by atoms with Crippen LogP contribution in [0.5, 0.6) is 5.75 Å². The Labute approximate surface area is 220 Å². The van der Waals surface area contributed by atoms with Crippen LogP contribution in [0, 0.1) is 0 Å². The summed E-state index contributed by atoms with van der Waals surface area (Å²) >= 11 is 1.03. The molecule has 0 aliphatic heterocycles. The Morgan fingerprint density at radius 2 is 1.95 bits per heavy atom. The lowest BCUT2D eigenvalue weighted by Gasteiger charge is -2.36. The molecular weight excluding hydrogens is 490 g/mol. The minimum absolute atomic E-state index is 0.0183. The van der Waals surface area contributed by atoms with Gasteiger partial charge in [-0.3, -0.25) is 9.59 Å². The summed E-state index contributed by atoms with van der Waals surface area (Å²) in [5.74, 6) is -0.124. The van der Waals surface area contributed by atoms with E-state index in [4.69, 9.17) is 4.74 Å². The summed E-state index contributed by atoms with van der Waals surface area (Å²) < 4.78 is 6.52. The number of nitrogens with zero attached hydrogens (tertiary/aromatic N) is 1. The molecule has 3 N–H and O–H groups in total. The molecule has 1 aliphatic rings. The van der Waals surface area contributed by atoms with Gasteiger partial charge in [0, 0.05) is 19.0 Å². The van der Waals surface area contributed by atoms with Gasteiger partial charge < -0.3 is 25.0 Å². The predicted molar refractivity (Wildman–Crippen MR) is 145 cm³/mol. The molecule has 4 rings (SSSR count). The number of thiazole rings is 1. The molecule has 1 aromatic heterocycles. The fourth-order valence-corrected chi connectivity index (χ4v) is 5.83. The number of alkyl carbamates (subject to hydrolysis) is 1. The molecule has 1 aliphatic carbocycles. The molecule has 196 valence electrons. The van der Waals surface area contributed by atoms with E-state index in [9.17, 15) is 19.5 Å². The Bertz CT molecular complexity index is 1280. The number of carbonyl (C=O) groups is 2. The number of H-pyrrole nitrogens is 1. The predicted octanol–water partition coefficient (Wildman–Crippen LogP) is 4.52. The number of hydrogen-bond donors (Lipinski definition) is 3. The molecule has 9 heteroatoms. The molecule has 8 nitrogen and oxygen atoms in total. The van der Waals surface area contributed by atoms with Crippen LogP contribution in [0.3, 0.4) is 0 Å². The number of aromatic hydroxyl groups is 1. The number of hydrogen-bond acceptors (Lipinski definition) is 6. The minimum Gasteiger partial charge on any atom is -0.506 e. The molecule has 0 saturated heterocycles. The lowest BCUT2D eigenvalue weighted by molar-refractivity contribution is -0.130. The molecular formula is C28H33N3O5S. The molecule has 37 heavy (non-hydrogen) atoms. The van der Waals surface area contributed by atoms with E-state index in [2.05, 4.69) is 16.9 Å². The van der Waals surface area contributed by atoms with Crippen molar-refractivity contribution in [3.8, 4) is 5.75 Å². The Kier molecular flexibility index (Phi) is 9.00. The third kappa shape index (κ3) is 7.01. The average Bonchev–Trinajstić information content (AvgIpc) is 3.31. The maximum atomic E-state index is 12.8. The van der Waals surface area contributed by atoms with Crippen molar-refractivity contribution in [2.24, 2.45) is 0 Å². The van der Waals surface area contributed by atoms with Gasteiger partial charge in [0.2, 0.25) is 5.91 Å². The van der Waals surface area contributed by atoms with Gasteiger partial charge in [-0.25, -0.2) is 4.79 Å². The van der Waals surface area contributed by atoms with Crippen molar-refractivity contribution in [2.75, 3.05) is 13.1 Å². The van der Waals surface area contributed by atoms with Gasteiger partial charge in [-0.15, -0.1) is 0 Å². The molecule has 0 spiro atoms. The van der Waals surface area contributed by atoms with E-state index in [1.54, 1.807) is 6.07 Å². The van der Waals surface area contributed by atoms with E-state index in [0.717, 1.165) is 48.1 Å². The van der Waals surface area contributed by atoms with Gasteiger partial charge in [-0.2, -0.15) is 0 Å². The molecule has 3 aromatic rings. The SMILES string of the molecule is C=CC(=O)N(CC(Cc1ccccc1)OC(=O)NCCc1ccc(O)c2[nH]c(=O)sc12)C1CCCCC1. The molecule has 2 aromatic carbocycles. The Morgan fingerprint density at radius 1 is 1.19 bits per heavy atom. The summed E-state index contributed by atoms with van der Waals surface area (Å²) in [6.45, 7) is 4.27. The lowest BCUT2D eigenvalue weighted by Crippen LogP contribution is -2.47. The highest BCUT2D eigenvalue weighted by Crippen LogP contribution is 2.28. The number of benzene rings is 2. The molecule has 1 heterocycles. The fraction of sp³-hybridized carbons (Fsp3) is 0.393. The largest absolute Gasteiger partial charge is 0.506 e. The first-order valence-corrected chi connectivity index (χ1v) is 13.5. The maximum Gasteiger partial charge on any atom is 0.407 e.